The Hall–Kier alpha value is -0.770. The van der Waals surface area contributed by atoms with Crippen molar-refractivity contribution in [2.45, 2.75) is 85.0 Å². The van der Waals surface area contributed by atoms with E-state index in [4.69, 9.17) is 4.74 Å². The Kier molecular flexibility index (Phi) is 8.07. The number of hydrogen-bond donors (Lipinski definition) is 2. The molecule has 0 aromatic heterocycles. The highest BCUT2D eigenvalue weighted by Gasteiger charge is 2.24. The van der Waals surface area contributed by atoms with Gasteiger partial charge < -0.3 is 15.2 Å². The molecule has 19 heavy (non-hydrogen) atoms. The molecule has 4 nitrogen and oxygen atoms in total. The van der Waals surface area contributed by atoms with Crippen LogP contribution in [-0.2, 0) is 4.74 Å². The predicted octanol–water partition coefficient (Wildman–Crippen LogP) is 3.48. The van der Waals surface area contributed by atoms with E-state index in [-0.39, 0.29) is 6.04 Å². The van der Waals surface area contributed by atoms with Gasteiger partial charge in [-0.15, -0.1) is 0 Å². The summed E-state index contributed by atoms with van der Waals surface area (Å²) in [5.74, 6) is 0.413. The number of aliphatic hydroxyl groups is 1. The first-order chi connectivity index (χ1) is 8.65. The largest absolute Gasteiger partial charge is 0.444 e. The van der Waals surface area contributed by atoms with Gasteiger partial charge in [0, 0.05) is 0 Å². The average Bonchev–Trinajstić information content (AvgIpc) is 2.21. The predicted molar refractivity (Wildman–Crippen MR) is 78.1 cm³/mol. The normalized spacial score (nSPS) is 15.2. The van der Waals surface area contributed by atoms with Crippen molar-refractivity contribution in [1.82, 2.24) is 5.32 Å². The molecule has 2 unspecified atom stereocenters. The zero-order valence-electron chi connectivity index (χ0n) is 13.3. The molecule has 0 bridgehead atoms. The number of ether oxygens (including phenoxy) is 1. The summed E-state index contributed by atoms with van der Waals surface area (Å²) in [6, 6.07) is -0.235. The Labute approximate surface area is 117 Å². The van der Waals surface area contributed by atoms with Crippen LogP contribution in [-0.4, -0.2) is 28.9 Å². The van der Waals surface area contributed by atoms with Crippen LogP contribution in [0.15, 0.2) is 0 Å². The quantitative estimate of drug-likeness (QED) is 0.746. The third kappa shape index (κ3) is 9.77. The molecule has 0 fully saturated rings. The molecule has 0 aliphatic carbocycles. The molecular formula is C15H31NO3. The van der Waals surface area contributed by atoms with Gasteiger partial charge in [0.25, 0.3) is 0 Å². The van der Waals surface area contributed by atoms with Crippen molar-refractivity contribution in [3.63, 3.8) is 0 Å². The van der Waals surface area contributed by atoms with Crippen LogP contribution in [0.5, 0.6) is 0 Å². The van der Waals surface area contributed by atoms with E-state index in [1.54, 1.807) is 0 Å². The van der Waals surface area contributed by atoms with E-state index < -0.39 is 17.8 Å². The highest BCUT2D eigenvalue weighted by atomic mass is 16.6. The van der Waals surface area contributed by atoms with Gasteiger partial charge in [-0.2, -0.15) is 0 Å². The van der Waals surface area contributed by atoms with Gasteiger partial charge in [-0.3, -0.25) is 0 Å². The molecule has 0 saturated heterocycles. The van der Waals surface area contributed by atoms with Gasteiger partial charge >= 0.3 is 6.09 Å². The SMILES string of the molecule is CCCCC(O)C(CC(C)C)NC(=O)OC(C)(C)C. The highest BCUT2D eigenvalue weighted by molar-refractivity contribution is 5.68. The van der Waals surface area contributed by atoms with Crippen molar-refractivity contribution in [1.29, 1.82) is 0 Å². The average molecular weight is 273 g/mol. The lowest BCUT2D eigenvalue weighted by Crippen LogP contribution is -2.46. The Morgan fingerprint density at radius 1 is 1.32 bits per heavy atom. The number of unbranched alkanes of at least 4 members (excludes halogenated alkanes) is 1. The molecular weight excluding hydrogens is 242 g/mol. The second kappa shape index (κ2) is 8.41. The minimum atomic E-state index is -0.513. The summed E-state index contributed by atoms with van der Waals surface area (Å²) in [7, 11) is 0. The number of alkyl carbamates (subject to hydrolysis) is 1. The lowest BCUT2D eigenvalue weighted by atomic mass is 9.96. The molecule has 0 saturated carbocycles. The number of aliphatic hydroxyl groups excluding tert-OH is 1. The molecule has 0 aliphatic rings. The third-order valence-corrected chi connectivity index (χ3v) is 2.75. The number of hydrogen-bond acceptors (Lipinski definition) is 3. The molecule has 1 amide bonds. The van der Waals surface area contributed by atoms with Crippen LogP contribution in [0, 0.1) is 5.92 Å². The molecule has 0 aromatic rings. The van der Waals surface area contributed by atoms with Crippen LogP contribution in [0.2, 0.25) is 0 Å². The molecule has 0 radical (unpaired) electrons. The fourth-order valence-corrected chi connectivity index (χ4v) is 1.89. The van der Waals surface area contributed by atoms with Crippen molar-refractivity contribution in [3.8, 4) is 0 Å². The number of amides is 1. The van der Waals surface area contributed by atoms with Crippen LogP contribution in [0.3, 0.4) is 0 Å². The van der Waals surface area contributed by atoms with E-state index >= 15 is 0 Å². The second-order valence-corrected chi connectivity index (χ2v) is 6.59. The minimum Gasteiger partial charge on any atom is -0.444 e. The van der Waals surface area contributed by atoms with Crippen LogP contribution in [0.4, 0.5) is 4.79 Å². The molecule has 114 valence electrons. The molecule has 0 spiro atoms. The zero-order valence-corrected chi connectivity index (χ0v) is 13.3. The lowest BCUT2D eigenvalue weighted by molar-refractivity contribution is 0.0390. The maximum Gasteiger partial charge on any atom is 0.407 e. The maximum absolute atomic E-state index is 11.8. The smallest absolute Gasteiger partial charge is 0.407 e. The third-order valence-electron chi connectivity index (χ3n) is 2.75. The molecule has 2 N–H and O–H groups in total. The first-order valence-corrected chi connectivity index (χ1v) is 7.33. The van der Waals surface area contributed by atoms with Crippen LogP contribution in [0.25, 0.3) is 0 Å². The number of nitrogens with one attached hydrogen (secondary N) is 1. The second-order valence-electron chi connectivity index (χ2n) is 6.59. The zero-order chi connectivity index (χ0) is 15.1. The van der Waals surface area contributed by atoms with Gasteiger partial charge in [-0.05, 0) is 39.5 Å². The van der Waals surface area contributed by atoms with Gasteiger partial charge in [-0.1, -0.05) is 33.6 Å². The van der Waals surface area contributed by atoms with Gasteiger partial charge in [0.1, 0.15) is 5.60 Å². The molecule has 0 aliphatic heterocycles. The summed E-state index contributed by atoms with van der Waals surface area (Å²) in [6.45, 7) is 11.7. The Morgan fingerprint density at radius 3 is 2.32 bits per heavy atom. The summed E-state index contributed by atoms with van der Waals surface area (Å²) < 4.78 is 5.24. The Bertz CT molecular complexity index is 259. The van der Waals surface area contributed by atoms with E-state index in [1.165, 1.54) is 0 Å². The number of carbonyl (C=O) groups excluding carboxylic acids is 1. The van der Waals surface area contributed by atoms with Crippen molar-refractivity contribution in [3.05, 3.63) is 0 Å². The summed E-state index contributed by atoms with van der Waals surface area (Å²) >= 11 is 0. The topological polar surface area (TPSA) is 58.6 Å². The van der Waals surface area contributed by atoms with Crippen molar-refractivity contribution in [2.24, 2.45) is 5.92 Å². The fourth-order valence-electron chi connectivity index (χ4n) is 1.89. The first kappa shape index (κ1) is 18.2. The van der Waals surface area contributed by atoms with Crippen molar-refractivity contribution < 1.29 is 14.6 Å². The van der Waals surface area contributed by atoms with Gasteiger partial charge in [0.2, 0.25) is 0 Å². The fraction of sp³-hybridized carbons (Fsp3) is 0.933. The van der Waals surface area contributed by atoms with E-state index in [0.717, 1.165) is 19.3 Å². The summed E-state index contributed by atoms with van der Waals surface area (Å²) in [5.41, 5.74) is -0.513. The van der Waals surface area contributed by atoms with E-state index in [0.29, 0.717) is 12.3 Å². The van der Waals surface area contributed by atoms with Crippen LogP contribution in [0.1, 0.15) is 67.2 Å². The highest BCUT2D eigenvalue weighted by Crippen LogP contribution is 2.14. The first-order valence-electron chi connectivity index (χ1n) is 7.33. The molecule has 4 heteroatoms. The molecule has 0 rings (SSSR count). The number of rotatable bonds is 7. The summed E-state index contributed by atoms with van der Waals surface area (Å²) in [5, 5.41) is 13.0. The standard InChI is InChI=1S/C15H31NO3/c1-7-8-9-13(17)12(10-11(2)3)16-14(18)19-15(4,5)6/h11-13,17H,7-10H2,1-6H3,(H,16,18). The molecule has 2 atom stereocenters. The Balaban J connectivity index is 4.45. The van der Waals surface area contributed by atoms with E-state index in [9.17, 15) is 9.90 Å². The van der Waals surface area contributed by atoms with Gasteiger partial charge in [0.15, 0.2) is 0 Å². The van der Waals surface area contributed by atoms with E-state index in [1.807, 2.05) is 20.8 Å². The summed E-state index contributed by atoms with van der Waals surface area (Å²) in [6.07, 6.45) is 2.51. The monoisotopic (exact) mass is 273 g/mol. The molecule has 0 heterocycles. The maximum atomic E-state index is 11.8. The van der Waals surface area contributed by atoms with Crippen molar-refractivity contribution in [2.75, 3.05) is 0 Å². The number of carbonyl (C=O) groups is 1. The van der Waals surface area contributed by atoms with Gasteiger partial charge in [-0.25, -0.2) is 4.79 Å². The molecule has 0 aromatic carbocycles. The summed E-state index contributed by atoms with van der Waals surface area (Å²) in [4.78, 5) is 11.8. The van der Waals surface area contributed by atoms with Crippen LogP contribution < -0.4 is 5.32 Å². The lowest BCUT2D eigenvalue weighted by Gasteiger charge is -2.27. The minimum absolute atomic E-state index is 0.235. The Morgan fingerprint density at radius 2 is 1.89 bits per heavy atom. The van der Waals surface area contributed by atoms with Crippen molar-refractivity contribution >= 4 is 6.09 Å². The van der Waals surface area contributed by atoms with Gasteiger partial charge in [0.05, 0.1) is 12.1 Å². The van der Waals surface area contributed by atoms with E-state index in [2.05, 4.69) is 26.1 Å². The van der Waals surface area contributed by atoms with Crippen LogP contribution >= 0.6 is 0 Å².